The van der Waals surface area contributed by atoms with Crippen molar-refractivity contribution < 1.29 is 28.7 Å². The average molecular weight is 437 g/mol. The van der Waals surface area contributed by atoms with Gasteiger partial charge in [0.2, 0.25) is 17.7 Å². The monoisotopic (exact) mass is 437 g/mol. The normalized spacial score (nSPS) is 18.0. The Morgan fingerprint density at radius 1 is 1.12 bits per heavy atom. The van der Waals surface area contributed by atoms with Crippen LogP contribution in [-0.2, 0) is 14.4 Å². The third-order valence-electron chi connectivity index (χ3n) is 5.58. The minimum atomic E-state index is -1.03. The van der Waals surface area contributed by atoms with Crippen molar-refractivity contribution in [2.24, 2.45) is 0 Å². The Kier molecular flexibility index (Phi) is 5.89. The Balaban J connectivity index is 1.59. The van der Waals surface area contributed by atoms with Gasteiger partial charge in [-0.1, -0.05) is 12.1 Å². The Morgan fingerprint density at radius 2 is 1.91 bits per heavy atom. The molecule has 0 aromatic heterocycles. The number of amides is 5. The lowest BCUT2D eigenvalue weighted by Crippen LogP contribution is -2.57. The van der Waals surface area contributed by atoms with Crippen molar-refractivity contribution in [1.29, 1.82) is 0 Å². The van der Waals surface area contributed by atoms with Crippen molar-refractivity contribution in [2.75, 3.05) is 13.2 Å². The minimum Gasteiger partial charge on any atom is -0.494 e. The number of rotatable bonds is 7. The standard InChI is InChI=1S/C23H23N3O6/c1-13(27)24-9-2-3-10-32-15-11-14-5-4-6-16-20(14)17(12-15)23(31)26(22(16)30)18-7-8-19(28)25-21(18)29/h4-6,11-12,18H,2-3,7-10H2,1H3,(H,24,27)(H,25,28,29). The largest absolute Gasteiger partial charge is 0.494 e. The topological polar surface area (TPSA) is 122 Å². The lowest BCUT2D eigenvalue weighted by Gasteiger charge is -2.34. The highest BCUT2D eigenvalue weighted by Gasteiger charge is 2.42. The number of benzene rings is 2. The van der Waals surface area contributed by atoms with E-state index in [1.54, 1.807) is 30.3 Å². The van der Waals surface area contributed by atoms with E-state index in [2.05, 4.69) is 10.6 Å². The Hall–Kier alpha value is -3.75. The fourth-order valence-corrected chi connectivity index (χ4v) is 4.08. The summed E-state index contributed by atoms with van der Waals surface area (Å²) >= 11 is 0. The van der Waals surface area contributed by atoms with Crippen molar-refractivity contribution in [2.45, 2.75) is 38.6 Å². The van der Waals surface area contributed by atoms with Crippen LogP contribution in [0.25, 0.3) is 10.8 Å². The van der Waals surface area contributed by atoms with E-state index in [1.165, 1.54) is 6.92 Å². The lowest BCUT2D eigenvalue weighted by atomic mass is 9.91. The summed E-state index contributed by atoms with van der Waals surface area (Å²) in [6.45, 7) is 2.42. The van der Waals surface area contributed by atoms with Crippen molar-refractivity contribution in [3.8, 4) is 5.75 Å². The number of carbonyl (C=O) groups is 5. The number of hydrogen-bond acceptors (Lipinski definition) is 6. The van der Waals surface area contributed by atoms with Gasteiger partial charge in [-0.15, -0.1) is 0 Å². The summed E-state index contributed by atoms with van der Waals surface area (Å²) in [4.78, 5) is 62.2. The molecule has 0 radical (unpaired) electrons. The van der Waals surface area contributed by atoms with E-state index < -0.39 is 29.7 Å². The van der Waals surface area contributed by atoms with Crippen molar-refractivity contribution in [3.05, 3.63) is 41.5 Å². The van der Waals surface area contributed by atoms with Gasteiger partial charge in [-0.3, -0.25) is 34.2 Å². The second kappa shape index (κ2) is 8.78. The molecule has 166 valence electrons. The van der Waals surface area contributed by atoms with Crippen LogP contribution in [0.3, 0.4) is 0 Å². The SMILES string of the molecule is CC(=O)NCCCCOc1cc2c3c(cccc3c1)C(=O)N(C1CCC(=O)NC1=O)C2=O. The lowest BCUT2D eigenvalue weighted by molar-refractivity contribution is -0.136. The van der Waals surface area contributed by atoms with Crippen LogP contribution in [-0.4, -0.2) is 53.6 Å². The summed E-state index contributed by atoms with van der Waals surface area (Å²) in [5.41, 5.74) is 0.624. The molecule has 2 aromatic carbocycles. The van der Waals surface area contributed by atoms with Crippen LogP contribution in [0.4, 0.5) is 0 Å². The van der Waals surface area contributed by atoms with Gasteiger partial charge in [0, 0.05) is 30.8 Å². The molecule has 5 amide bonds. The van der Waals surface area contributed by atoms with Gasteiger partial charge in [-0.2, -0.15) is 0 Å². The summed E-state index contributed by atoms with van der Waals surface area (Å²) in [5, 5.41) is 6.15. The first-order valence-electron chi connectivity index (χ1n) is 10.5. The van der Waals surface area contributed by atoms with E-state index in [-0.39, 0.29) is 24.3 Å². The Bertz CT molecular complexity index is 1140. The Labute approximate surface area is 184 Å². The molecule has 2 aliphatic heterocycles. The van der Waals surface area contributed by atoms with E-state index in [1.807, 2.05) is 0 Å². The molecular formula is C23H23N3O6. The zero-order valence-corrected chi connectivity index (χ0v) is 17.6. The van der Waals surface area contributed by atoms with Crippen LogP contribution in [0.5, 0.6) is 5.75 Å². The molecule has 9 heteroatoms. The van der Waals surface area contributed by atoms with E-state index in [0.29, 0.717) is 41.7 Å². The second-order valence-electron chi connectivity index (χ2n) is 7.86. The molecule has 1 saturated heterocycles. The molecule has 2 aliphatic rings. The van der Waals surface area contributed by atoms with Gasteiger partial charge in [0.1, 0.15) is 11.8 Å². The number of carbonyl (C=O) groups excluding carboxylic acids is 5. The molecule has 2 heterocycles. The second-order valence-corrected chi connectivity index (χ2v) is 7.86. The van der Waals surface area contributed by atoms with Gasteiger partial charge in [-0.25, -0.2) is 0 Å². The van der Waals surface area contributed by atoms with Crippen LogP contribution >= 0.6 is 0 Å². The number of nitrogens with one attached hydrogen (secondary N) is 2. The molecule has 0 bridgehead atoms. The van der Waals surface area contributed by atoms with Crippen LogP contribution in [0.15, 0.2) is 30.3 Å². The van der Waals surface area contributed by atoms with Gasteiger partial charge >= 0.3 is 0 Å². The van der Waals surface area contributed by atoms with E-state index >= 15 is 0 Å². The highest BCUT2D eigenvalue weighted by atomic mass is 16.5. The van der Waals surface area contributed by atoms with Crippen LogP contribution in [0.1, 0.15) is 53.3 Å². The summed E-state index contributed by atoms with van der Waals surface area (Å²) in [7, 11) is 0. The average Bonchev–Trinajstić information content (AvgIpc) is 2.75. The van der Waals surface area contributed by atoms with Crippen molar-refractivity contribution in [1.82, 2.24) is 15.5 Å². The molecule has 0 spiro atoms. The zero-order chi connectivity index (χ0) is 22.8. The van der Waals surface area contributed by atoms with Gasteiger partial charge in [0.25, 0.3) is 11.8 Å². The molecular weight excluding hydrogens is 414 g/mol. The Morgan fingerprint density at radius 3 is 2.66 bits per heavy atom. The number of hydrogen-bond donors (Lipinski definition) is 2. The maximum Gasteiger partial charge on any atom is 0.262 e. The predicted molar refractivity (Wildman–Crippen MR) is 114 cm³/mol. The highest BCUT2D eigenvalue weighted by Crippen LogP contribution is 2.35. The van der Waals surface area contributed by atoms with E-state index in [0.717, 1.165) is 11.3 Å². The van der Waals surface area contributed by atoms with Gasteiger partial charge in [0.15, 0.2) is 0 Å². The molecule has 1 atom stereocenters. The van der Waals surface area contributed by atoms with E-state index in [4.69, 9.17) is 4.74 Å². The van der Waals surface area contributed by atoms with Crippen LogP contribution in [0.2, 0.25) is 0 Å². The predicted octanol–water partition coefficient (Wildman–Crippen LogP) is 1.54. The maximum atomic E-state index is 13.3. The molecule has 1 unspecified atom stereocenters. The molecule has 2 N–H and O–H groups in total. The minimum absolute atomic E-state index is 0.0617. The molecule has 9 nitrogen and oxygen atoms in total. The van der Waals surface area contributed by atoms with Crippen molar-refractivity contribution >= 4 is 40.3 Å². The summed E-state index contributed by atoms with van der Waals surface area (Å²) in [6.07, 6.45) is 1.62. The fraction of sp³-hybridized carbons (Fsp3) is 0.348. The number of imide groups is 2. The summed E-state index contributed by atoms with van der Waals surface area (Å²) in [6, 6.07) is 7.48. The first kappa shape index (κ1) is 21.5. The molecule has 0 saturated carbocycles. The molecule has 0 aliphatic carbocycles. The number of ether oxygens (including phenoxy) is 1. The summed E-state index contributed by atoms with van der Waals surface area (Å²) < 4.78 is 5.83. The highest BCUT2D eigenvalue weighted by molar-refractivity contribution is 6.27. The molecule has 1 fully saturated rings. The zero-order valence-electron chi connectivity index (χ0n) is 17.6. The smallest absolute Gasteiger partial charge is 0.262 e. The molecule has 2 aromatic rings. The number of piperidine rings is 1. The van der Waals surface area contributed by atoms with Gasteiger partial charge in [0.05, 0.1) is 12.2 Å². The third kappa shape index (κ3) is 4.05. The molecule has 32 heavy (non-hydrogen) atoms. The van der Waals surface area contributed by atoms with Crippen LogP contribution in [0, 0.1) is 0 Å². The van der Waals surface area contributed by atoms with Gasteiger partial charge in [-0.05, 0) is 42.8 Å². The van der Waals surface area contributed by atoms with Gasteiger partial charge < -0.3 is 10.1 Å². The number of unbranched alkanes of at least 4 members (excludes halogenated alkanes) is 1. The maximum absolute atomic E-state index is 13.3. The third-order valence-corrected chi connectivity index (χ3v) is 5.58. The first-order chi connectivity index (χ1) is 15.4. The number of nitrogens with zero attached hydrogens (tertiary/aromatic N) is 1. The summed E-state index contributed by atoms with van der Waals surface area (Å²) in [5.74, 6) is -1.79. The quantitative estimate of drug-likeness (QED) is 0.501. The van der Waals surface area contributed by atoms with Crippen LogP contribution < -0.4 is 15.4 Å². The fourth-order valence-electron chi connectivity index (χ4n) is 4.08. The van der Waals surface area contributed by atoms with E-state index in [9.17, 15) is 24.0 Å². The first-order valence-corrected chi connectivity index (χ1v) is 10.5. The molecule has 4 rings (SSSR count). The van der Waals surface area contributed by atoms with Crippen molar-refractivity contribution in [3.63, 3.8) is 0 Å².